The lowest BCUT2D eigenvalue weighted by Crippen LogP contribution is -2.39. The van der Waals surface area contributed by atoms with Crippen LogP contribution >= 0.6 is 0 Å². The van der Waals surface area contributed by atoms with Crippen LogP contribution in [0.15, 0.2) is 59.7 Å². The van der Waals surface area contributed by atoms with Crippen LogP contribution < -0.4 is 21.0 Å². The summed E-state index contributed by atoms with van der Waals surface area (Å²) in [7, 11) is 0. The quantitative estimate of drug-likeness (QED) is 0.820. The third-order valence-electron chi connectivity index (χ3n) is 5.37. The van der Waals surface area contributed by atoms with Crippen molar-refractivity contribution in [1.82, 2.24) is 0 Å². The summed E-state index contributed by atoms with van der Waals surface area (Å²) in [4.78, 5) is 27.0. The molecular formula is C22H25N5O2. The van der Waals surface area contributed by atoms with Crippen LogP contribution in [0.25, 0.3) is 0 Å². The van der Waals surface area contributed by atoms with Crippen molar-refractivity contribution >= 4 is 34.6 Å². The maximum Gasteiger partial charge on any atom is 0.271 e. The fourth-order valence-corrected chi connectivity index (χ4v) is 3.80. The van der Waals surface area contributed by atoms with Gasteiger partial charge in [-0.25, -0.2) is 0 Å². The molecule has 2 aliphatic rings. The molecule has 2 aromatic carbocycles. The summed E-state index contributed by atoms with van der Waals surface area (Å²) in [6.45, 7) is 2.15. The SMILES string of the molecule is NC(=O)C1CC(C(=O)Nc2ccc(N3CCCCC3)cc2)=NN1c1ccccc1. The standard InChI is InChI=1S/C22H25N5O2/c23-21(28)20-15-19(25-27(20)18-7-3-1-4-8-18)22(29)24-16-9-11-17(12-10-16)26-13-5-2-6-14-26/h1,3-4,7-12,20H,2,5-6,13-15H2,(H2,23,28)(H,24,29). The number of hydrogen-bond donors (Lipinski definition) is 2. The fourth-order valence-electron chi connectivity index (χ4n) is 3.80. The summed E-state index contributed by atoms with van der Waals surface area (Å²) in [6.07, 6.45) is 3.91. The zero-order chi connectivity index (χ0) is 20.2. The number of para-hydroxylation sites is 1. The Labute approximate surface area is 170 Å². The number of amides is 2. The van der Waals surface area contributed by atoms with E-state index >= 15 is 0 Å². The van der Waals surface area contributed by atoms with E-state index in [2.05, 4.69) is 15.3 Å². The summed E-state index contributed by atoms with van der Waals surface area (Å²) >= 11 is 0. The molecule has 2 amide bonds. The molecule has 2 aromatic rings. The number of carbonyl (C=O) groups is 2. The van der Waals surface area contributed by atoms with Gasteiger partial charge in [0.05, 0.1) is 5.69 Å². The molecule has 0 spiro atoms. The zero-order valence-electron chi connectivity index (χ0n) is 16.3. The van der Waals surface area contributed by atoms with Gasteiger partial charge in [-0.1, -0.05) is 18.2 Å². The number of anilines is 3. The lowest BCUT2D eigenvalue weighted by molar-refractivity contribution is -0.119. The Bertz CT molecular complexity index is 905. The molecule has 0 saturated carbocycles. The Balaban J connectivity index is 1.45. The van der Waals surface area contributed by atoms with Crippen molar-refractivity contribution < 1.29 is 9.59 Å². The maximum atomic E-state index is 12.7. The molecule has 1 atom stereocenters. The molecule has 0 radical (unpaired) electrons. The largest absolute Gasteiger partial charge is 0.372 e. The Kier molecular flexibility index (Phi) is 5.46. The smallest absolute Gasteiger partial charge is 0.271 e. The predicted octanol–water partition coefficient (Wildman–Crippen LogP) is 2.74. The number of nitrogens with zero attached hydrogens (tertiary/aromatic N) is 3. The topological polar surface area (TPSA) is 91.0 Å². The van der Waals surface area contributed by atoms with Gasteiger partial charge in [0.1, 0.15) is 11.8 Å². The van der Waals surface area contributed by atoms with Gasteiger partial charge in [0.2, 0.25) is 5.91 Å². The highest BCUT2D eigenvalue weighted by Crippen LogP contribution is 2.25. The lowest BCUT2D eigenvalue weighted by Gasteiger charge is -2.28. The van der Waals surface area contributed by atoms with E-state index < -0.39 is 11.9 Å². The molecular weight excluding hydrogens is 366 g/mol. The normalized spacial score (nSPS) is 19.0. The average molecular weight is 391 g/mol. The minimum Gasteiger partial charge on any atom is -0.372 e. The monoisotopic (exact) mass is 391 g/mol. The minimum absolute atomic E-state index is 0.182. The van der Waals surface area contributed by atoms with E-state index in [-0.39, 0.29) is 18.0 Å². The van der Waals surface area contributed by atoms with Gasteiger partial charge in [0, 0.05) is 30.9 Å². The maximum absolute atomic E-state index is 12.7. The summed E-state index contributed by atoms with van der Waals surface area (Å²) in [5.74, 6) is -0.827. The number of nitrogens with two attached hydrogens (primary N) is 1. The highest BCUT2D eigenvalue weighted by atomic mass is 16.2. The van der Waals surface area contributed by atoms with Gasteiger partial charge in [-0.15, -0.1) is 0 Å². The van der Waals surface area contributed by atoms with Crippen LogP contribution in [0.1, 0.15) is 25.7 Å². The number of rotatable bonds is 5. The number of hydrogen-bond acceptors (Lipinski definition) is 5. The molecule has 150 valence electrons. The minimum atomic E-state index is -0.667. The molecule has 1 fully saturated rings. The molecule has 3 N–H and O–H groups in total. The Hall–Kier alpha value is -3.35. The van der Waals surface area contributed by atoms with E-state index in [0.717, 1.165) is 18.8 Å². The number of piperidine rings is 1. The van der Waals surface area contributed by atoms with E-state index in [9.17, 15) is 9.59 Å². The third-order valence-corrected chi connectivity index (χ3v) is 5.37. The van der Waals surface area contributed by atoms with E-state index in [0.29, 0.717) is 5.69 Å². The molecule has 0 aliphatic carbocycles. The van der Waals surface area contributed by atoms with Crippen molar-refractivity contribution in [2.24, 2.45) is 10.8 Å². The zero-order valence-corrected chi connectivity index (χ0v) is 16.3. The summed E-state index contributed by atoms with van der Waals surface area (Å²) < 4.78 is 0. The summed E-state index contributed by atoms with van der Waals surface area (Å²) in [6, 6.07) is 16.4. The van der Waals surface area contributed by atoms with Crippen LogP contribution in [-0.2, 0) is 9.59 Å². The molecule has 29 heavy (non-hydrogen) atoms. The molecule has 2 heterocycles. The second-order valence-electron chi connectivity index (χ2n) is 7.40. The van der Waals surface area contributed by atoms with Gasteiger partial charge in [0.25, 0.3) is 5.91 Å². The number of primary amides is 1. The predicted molar refractivity (Wildman–Crippen MR) is 115 cm³/mol. The van der Waals surface area contributed by atoms with Gasteiger partial charge >= 0.3 is 0 Å². The number of nitrogens with one attached hydrogen (secondary N) is 1. The van der Waals surface area contributed by atoms with Crippen LogP contribution in [0.4, 0.5) is 17.1 Å². The molecule has 0 aromatic heterocycles. The van der Waals surface area contributed by atoms with E-state index in [1.165, 1.54) is 30.0 Å². The first-order chi connectivity index (χ1) is 14.1. The van der Waals surface area contributed by atoms with E-state index in [1.54, 1.807) is 0 Å². The Morgan fingerprint density at radius 2 is 1.62 bits per heavy atom. The third kappa shape index (κ3) is 4.23. The van der Waals surface area contributed by atoms with Crippen molar-refractivity contribution in [3.63, 3.8) is 0 Å². The van der Waals surface area contributed by atoms with Crippen molar-refractivity contribution in [3.8, 4) is 0 Å². The first-order valence-corrected chi connectivity index (χ1v) is 9.99. The number of benzene rings is 2. The van der Waals surface area contributed by atoms with Gasteiger partial charge in [-0.3, -0.25) is 14.6 Å². The molecule has 1 saturated heterocycles. The molecule has 7 heteroatoms. The fraction of sp³-hybridized carbons (Fsp3) is 0.318. The van der Waals surface area contributed by atoms with Gasteiger partial charge in [0.15, 0.2) is 0 Å². The number of hydrazone groups is 1. The summed E-state index contributed by atoms with van der Waals surface area (Å²) in [5.41, 5.74) is 8.43. The van der Waals surface area contributed by atoms with E-state index in [4.69, 9.17) is 5.73 Å². The van der Waals surface area contributed by atoms with Crippen LogP contribution in [0, 0.1) is 0 Å². The molecule has 1 unspecified atom stereocenters. The average Bonchev–Trinajstić information content (AvgIpc) is 3.22. The van der Waals surface area contributed by atoms with Crippen molar-refractivity contribution in [2.75, 3.05) is 28.3 Å². The van der Waals surface area contributed by atoms with Crippen molar-refractivity contribution in [2.45, 2.75) is 31.7 Å². The number of carbonyl (C=O) groups excluding carboxylic acids is 2. The molecule has 0 bridgehead atoms. The molecule has 4 rings (SSSR count). The lowest BCUT2D eigenvalue weighted by atomic mass is 10.1. The van der Waals surface area contributed by atoms with Crippen molar-refractivity contribution in [3.05, 3.63) is 54.6 Å². The summed E-state index contributed by atoms with van der Waals surface area (Å²) in [5, 5.41) is 8.78. The van der Waals surface area contributed by atoms with Crippen LogP contribution in [0.5, 0.6) is 0 Å². The second-order valence-corrected chi connectivity index (χ2v) is 7.40. The highest BCUT2D eigenvalue weighted by Gasteiger charge is 2.34. The highest BCUT2D eigenvalue weighted by molar-refractivity contribution is 6.44. The van der Waals surface area contributed by atoms with Gasteiger partial charge < -0.3 is 16.0 Å². The van der Waals surface area contributed by atoms with E-state index in [1.807, 2.05) is 54.6 Å². The second kappa shape index (κ2) is 8.34. The first kappa shape index (κ1) is 19.0. The Morgan fingerprint density at radius 3 is 2.28 bits per heavy atom. The first-order valence-electron chi connectivity index (χ1n) is 9.99. The van der Waals surface area contributed by atoms with Crippen LogP contribution in [-0.4, -0.2) is 36.7 Å². The molecule has 7 nitrogen and oxygen atoms in total. The van der Waals surface area contributed by atoms with Crippen molar-refractivity contribution in [1.29, 1.82) is 0 Å². The van der Waals surface area contributed by atoms with Gasteiger partial charge in [-0.05, 0) is 55.7 Å². The van der Waals surface area contributed by atoms with Crippen LogP contribution in [0.2, 0.25) is 0 Å². The molecule has 2 aliphatic heterocycles. The Morgan fingerprint density at radius 1 is 0.931 bits per heavy atom. The van der Waals surface area contributed by atoms with Gasteiger partial charge in [-0.2, -0.15) is 5.10 Å². The van der Waals surface area contributed by atoms with Crippen LogP contribution in [0.3, 0.4) is 0 Å².